The van der Waals surface area contributed by atoms with Crippen molar-refractivity contribution in [1.82, 2.24) is 5.32 Å². The summed E-state index contributed by atoms with van der Waals surface area (Å²) in [6, 6.07) is 16.5. The fraction of sp³-hybridized carbons (Fsp3) is 0.333. The standard InChI is InChI=1S/C21H23NO3/c1-14(23)21(25-19-8-9-20-17(13-19)10-11-24-20)22-18-7-6-15-4-2-3-5-16(15)12-18/h2-5,8-11,13-14,18,21-23H,6-7,12H2,1H3. The highest BCUT2D eigenvalue weighted by atomic mass is 16.5. The minimum Gasteiger partial charge on any atom is -0.473 e. The number of ether oxygens (including phenoxy) is 1. The molecule has 0 amide bonds. The van der Waals surface area contributed by atoms with Crippen molar-refractivity contribution >= 4 is 11.0 Å². The predicted molar refractivity (Wildman–Crippen MR) is 97.7 cm³/mol. The highest BCUT2D eigenvalue weighted by Crippen LogP contribution is 2.24. The van der Waals surface area contributed by atoms with Gasteiger partial charge in [-0.05, 0) is 61.6 Å². The van der Waals surface area contributed by atoms with Crippen LogP contribution in [0.3, 0.4) is 0 Å². The molecule has 0 radical (unpaired) electrons. The van der Waals surface area contributed by atoms with E-state index in [0.717, 1.165) is 36.0 Å². The van der Waals surface area contributed by atoms with Crippen molar-refractivity contribution in [3.63, 3.8) is 0 Å². The normalized spacial score (nSPS) is 19.4. The second-order valence-corrected chi connectivity index (χ2v) is 6.77. The van der Waals surface area contributed by atoms with E-state index in [1.165, 1.54) is 11.1 Å². The molecular formula is C21H23NO3. The van der Waals surface area contributed by atoms with E-state index in [1.807, 2.05) is 24.3 Å². The molecule has 0 fully saturated rings. The first kappa shape index (κ1) is 16.2. The lowest BCUT2D eigenvalue weighted by molar-refractivity contribution is 0.0181. The van der Waals surface area contributed by atoms with Crippen LogP contribution in [0.15, 0.2) is 59.2 Å². The summed E-state index contributed by atoms with van der Waals surface area (Å²) in [6.45, 7) is 1.75. The van der Waals surface area contributed by atoms with Crippen LogP contribution in [0.2, 0.25) is 0 Å². The third-order valence-electron chi connectivity index (χ3n) is 4.87. The molecule has 3 atom stereocenters. The lowest BCUT2D eigenvalue weighted by atomic mass is 9.88. The van der Waals surface area contributed by atoms with Gasteiger partial charge in [0.15, 0.2) is 6.23 Å². The van der Waals surface area contributed by atoms with Gasteiger partial charge >= 0.3 is 0 Å². The van der Waals surface area contributed by atoms with E-state index in [-0.39, 0.29) is 0 Å². The SMILES string of the molecule is CC(O)C(NC1CCc2ccccc2C1)Oc1ccc2occc2c1. The van der Waals surface area contributed by atoms with Crippen molar-refractivity contribution in [2.75, 3.05) is 0 Å². The fourth-order valence-corrected chi connectivity index (χ4v) is 3.51. The molecule has 3 unspecified atom stereocenters. The Balaban J connectivity index is 1.46. The third kappa shape index (κ3) is 3.55. The molecule has 4 heteroatoms. The van der Waals surface area contributed by atoms with Crippen molar-refractivity contribution < 1.29 is 14.3 Å². The Morgan fingerprint density at radius 3 is 2.84 bits per heavy atom. The number of aliphatic hydroxyl groups is 1. The second kappa shape index (κ2) is 6.90. The molecule has 2 N–H and O–H groups in total. The van der Waals surface area contributed by atoms with Crippen molar-refractivity contribution in [2.24, 2.45) is 0 Å². The first-order valence-corrected chi connectivity index (χ1v) is 8.84. The zero-order valence-corrected chi connectivity index (χ0v) is 14.3. The molecule has 1 aliphatic rings. The highest BCUT2D eigenvalue weighted by Gasteiger charge is 2.24. The van der Waals surface area contributed by atoms with Crippen molar-refractivity contribution in [1.29, 1.82) is 0 Å². The summed E-state index contributed by atoms with van der Waals surface area (Å²) in [6.07, 6.45) is 3.67. The smallest absolute Gasteiger partial charge is 0.176 e. The first-order chi connectivity index (χ1) is 12.2. The van der Waals surface area contributed by atoms with E-state index in [0.29, 0.717) is 6.04 Å². The monoisotopic (exact) mass is 337 g/mol. The van der Waals surface area contributed by atoms with Gasteiger partial charge in [0.05, 0.1) is 6.26 Å². The molecule has 2 aromatic carbocycles. The van der Waals surface area contributed by atoms with Gasteiger partial charge in [-0.2, -0.15) is 0 Å². The molecule has 1 aromatic heterocycles. The van der Waals surface area contributed by atoms with E-state index >= 15 is 0 Å². The van der Waals surface area contributed by atoms with Gasteiger partial charge in [-0.25, -0.2) is 0 Å². The van der Waals surface area contributed by atoms with Crippen LogP contribution in [-0.4, -0.2) is 23.5 Å². The van der Waals surface area contributed by atoms with Crippen LogP contribution in [0.25, 0.3) is 11.0 Å². The van der Waals surface area contributed by atoms with E-state index in [4.69, 9.17) is 9.15 Å². The maximum absolute atomic E-state index is 10.2. The van der Waals surface area contributed by atoms with E-state index < -0.39 is 12.3 Å². The maximum atomic E-state index is 10.2. The van der Waals surface area contributed by atoms with Crippen LogP contribution in [0.5, 0.6) is 5.75 Å². The summed E-state index contributed by atoms with van der Waals surface area (Å²) in [5.74, 6) is 0.725. The molecule has 0 bridgehead atoms. The Morgan fingerprint density at radius 1 is 1.16 bits per heavy atom. The topological polar surface area (TPSA) is 54.6 Å². The summed E-state index contributed by atoms with van der Waals surface area (Å²) >= 11 is 0. The molecule has 1 aliphatic carbocycles. The molecule has 0 saturated heterocycles. The number of fused-ring (bicyclic) bond motifs is 2. The average molecular weight is 337 g/mol. The lowest BCUT2D eigenvalue weighted by Gasteiger charge is -2.31. The number of nitrogens with one attached hydrogen (secondary N) is 1. The summed E-state index contributed by atoms with van der Waals surface area (Å²) in [5.41, 5.74) is 3.65. The Labute approximate surface area is 147 Å². The number of aliphatic hydroxyl groups excluding tert-OH is 1. The quantitative estimate of drug-likeness (QED) is 0.698. The average Bonchev–Trinajstić information content (AvgIpc) is 3.09. The molecule has 4 nitrogen and oxygen atoms in total. The number of furan rings is 1. The molecule has 1 heterocycles. The van der Waals surface area contributed by atoms with E-state index in [9.17, 15) is 5.11 Å². The van der Waals surface area contributed by atoms with Gasteiger partial charge in [0.25, 0.3) is 0 Å². The predicted octanol–water partition coefficient (Wildman–Crippen LogP) is 3.67. The Hall–Kier alpha value is -2.30. The zero-order chi connectivity index (χ0) is 17.2. The van der Waals surface area contributed by atoms with Crippen LogP contribution in [0, 0.1) is 0 Å². The molecular weight excluding hydrogens is 314 g/mol. The van der Waals surface area contributed by atoms with Crippen LogP contribution in [-0.2, 0) is 12.8 Å². The van der Waals surface area contributed by atoms with Crippen LogP contribution < -0.4 is 10.1 Å². The molecule has 25 heavy (non-hydrogen) atoms. The van der Waals surface area contributed by atoms with Gasteiger partial charge in [-0.1, -0.05) is 24.3 Å². The molecule has 3 aromatic rings. The lowest BCUT2D eigenvalue weighted by Crippen LogP contribution is -2.49. The van der Waals surface area contributed by atoms with Crippen molar-refractivity contribution in [2.45, 2.75) is 44.6 Å². The zero-order valence-electron chi connectivity index (χ0n) is 14.3. The van der Waals surface area contributed by atoms with Gasteiger partial charge in [0, 0.05) is 11.4 Å². The molecule has 0 aliphatic heterocycles. The van der Waals surface area contributed by atoms with Gasteiger partial charge in [-0.15, -0.1) is 0 Å². The minimum atomic E-state index is -0.614. The van der Waals surface area contributed by atoms with E-state index in [2.05, 4.69) is 29.6 Å². The maximum Gasteiger partial charge on any atom is 0.176 e. The number of hydrogen-bond donors (Lipinski definition) is 2. The number of rotatable bonds is 5. The molecule has 0 spiro atoms. The molecule has 130 valence electrons. The van der Waals surface area contributed by atoms with Crippen LogP contribution in [0.1, 0.15) is 24.5 Å². The van der Waals surface area contributed by atoms with Crippen LogP contribution >= 0.6 is 0 Å². The molecule has 4 rings (SSSR count). The summed E-state index contributed by atoms with van der Waals surface area (Å²) in [5, 5.41) is 14.7. The second-order valence-electron chi connectivity index (χ2n) is 6.77. The van der Waals surface area contributed by atoms with Crippen molar-refractivity contribution in [3.8, 4) is 5.75 Å². The summed E-state index contributed by atoms with van der Waals surface area (Å²) in [4.78, 5) is 0. The molecule has 0 saturated carbocycles. The Kier molecular flexibility index (Phi) is 4.47. The number of aryl methyl sites for hydroxylation is 1. The largest absolute Gasteiger partial charge is 0.473 e. The highest BCUT2D eigenvalue weighted by molar-refractivity contribution is 5.78. The van der Waals surface area contributed by atoms with Gasteiger partial charge in [-0.3, -0.25) is 5.32 Å². The fourth-order valence-electron chi connectivity index (χ4n) is 3.51. The Bertz CT molecular complexity index is 855. The minimum absolute atomic E-state index is 0.298. The number of hydrogen-bond acceptors (Lipinski definition) is 4. The Morgan fingerprint density at radius 2 is 2.00 bits per heavy atom. The van der Waals surface area contributed by atoms with Crippen LogP contribution in [0.4, 0.5) is 0 Å². The van der Waals surface area contributed by atoms with Gasteiger partial charge in [0.2, 0.25) is 0 Å². The number of benzene rings is 2. The van der Waals surface area contributed by atoms with Gasteiger partial charge < -0.3 is 14.3 Å². The van der Waals surface area contributed by atoms with Crippen molar-refractivity contribution in [3.05, 3.63) is 65.9 Å². The third-order valence-corrected chi connectivity index (χ3v) is 4.87. The first-order valence-electron chi connectivity index (χ1n) is 8.84. The van der Waals surface area contributed by atoms with E-state index in [1.54, 1.807) is 13.2 Å². The summed E-state index contributed by atoms with van der Waals surface area (Å²) in [7, 11) is 0. The summed E-state index contributed by atoms with van der Waals surface area (Å²) < 4.78 is 11.4. The van der Waals surface area contributed by atoms with Gasteiger partial charge in [0.1, 0.15) is 17.4 Å².